The van der Waals surface area contributed by atoms with Crippen molar-refractivity contribution in [2.24, 2.45) is 5.73 Å². The number of nitrogens with zero attached hydrogens (tertiary/aromatic N) is 2. The summed E-state index contributed by atoms with van der Waals surface area (Å²) in [5, 5.41) is 1.31. The zero-order valence-electron chi connectivity index (χ0n) is 10.9. The van der Waals surface area contributed by atoms with Crippen molar-refractivity contribution in [3.63, 3.8) is 0 Å². The van der Waals surface area contributed by atoms with Crippen LogP contribution in [-0.4, -0.2) is 29.0 Å². The predicted molar refractivity (Wildman–Crippen MR) is 73.3 cm³/mol. The van der Waals surface area contributed by atoms with Crippen LogP contribution in [0, 0.1) is 0 Å². The molecule has 1 fully saturated rings. The Morgan fingerprint density at radius 1 is 1.59 bits per heavy atom. The molecule has 0 amide bonds. The number of hydrogen-bond acceptors (Lipinski definition) is 4. The number of hydrogen-bond donors (Lipinski definition) is 1. The molecule has 2 heterocycles. The minimum Gasteiger partial charge on any atom is -0.330 e. The van der Waals surface area contributed by atoms with Gasteiger partial charge in [0, 0.05) is 17.1 Å². The first-order valence-corrected chi connectivity index (χ1v) is 7.44. The van der Waals surface area contributed by atoms with Crippen LogP contribution < -0.4 is 5.73 Å². The average molecular weight is 253 g/mol. The Morgan fingerprint density at radius 2 is 2.41 bits per heavy atom. The van der Waals surface area contributed by atoms with Crippen LogP contribution in [0.3, 0.4) is 0 Å². The first-order valence-electron chi connectivity index (χ1n) is 6.62. The van der Waals surface area contributed by atoms with Crippen LogP contribution in [-0.2, 0) is 6.42 Å². The van der Waals surface area contributed by atoms with Gasteiger partial charge in [0.05, 0.1) is 6.04 Å². The second kappa shape index (κ2) is 5.94. The molecule has 2 N–H and O–H groups in total. The fourth-order valence-electron chi connectivity index (χ4n) is 2.54. The van der Waals surface area contributed by atoms with Crippen molar-refractivity contribution in [2.75, 3.05) is 13.1 Å². The van der Waals surface area contributed by atoms with Crippen LogP contribution in [0.15, 0.2) is 6.20 Å². The van der Waals surface area contributed by atoms with Crippen LogP contribution in [0.4, 0.5) is 0 Å². The van der Waals surface area contributed by atoms with E-state index in [1.807, 2.05) is 17.5 Å². The number of thiazole rings is 1. The number of aryl methyl sites for hydroxylation is 1. The second-order valence-electron chi connectivity index (χ2n) is 5.05. The van der Waals surface area contributed by atoms with E-state index in [0.717, 1.165) is 19.4 Å². The minimum absolute atomic E-state index is 0.562. The average Bonchev–Trinajstić information content (AvgIpc) is 2.94. The molecule has 1 aromatic rings. The van der Waals surface area contributed by atoms with E-state index in [4.69, 9.17) is 5.73 Å². The third-order valence-electron chi connectivity index (χ3n) is 3.44. The highest BCUT2D eigenvalue weighted by molar-refractivity contribution is 7.11. The lowest BCUT2D eigenvalue weighted by molar-refractivity contribution is 0.205. The molecule has 1 aliphatic heterocycles. The molecular weight excluding hydrogens is 230 g/mol. The first-order chi connectivity index (χ1) is 8.22. The molecule has 1 atom stereocenters. The number of nitrogens with two attached hydrogens (primary N) is 1. The van der Waals surface area contributed by atoms with Crippen LogP contribution in [0.5, 0.6) is 0 Å². The highest BCUT2D eigenvalue weighted by atomic mass is 32.1. The zero-order chi connectivity index (χ0) is 12.3. The van der Waals surface area contributed by atoms with E-state index in [2.05, 4.69) is 23.7 Å². The van der Waals surface area contributed by atoms with Crippen LogP contribution in [0.25, 0.3) is 0 Å². The summed E-state index contributed by atoms with van der Waals surface area (Å²) in [6.07, 6.45) is 6.78. The van der Waals surface area contributed by atoms with Gasteiger partial charge in [-0.3, -0.25) is 4.90 Å². The predicted octanol–water partition coefficient (Wildman–Crippen LogP) is 2.58. The molecule has 3 nitrogen and oxygen atoms in total. The van der Waals surface area contributed by atoms with Crippen molar-refractivity contribution < 1.29 is 0 Å². The van der Waals surface area contributed by atoms with Crippen molar-refractivity contribution >= 4 is 11.3 Å². The highest BCUT2D eigenvalue weighted by Gasteiger charge is 2.29. The lowest BCUT2D eigenvalue weighted by atomic mass is 10.2. The molecule has 2 rings (SSSR count). The molecule has 0 aliphatic carbocycles. The molecule has 0 saturated carbocycles. The number of likely N-dealkylation sites (tertiary alicyclic amines) is 1. The summed E-state index contributed by atoms with van der Waals surface area (Å²) in [6, 6.07) is 1.19. The Hall–Kier alpha value is -0.450. The summed E-state index contributed by atoms with van der Waals surface area (Å²) in [7, 11) is 0. The fourth-order valence-corrected chi connectivity index (χ4v) is 3.66. The third kappa shape index (κ3) is 3.06. The molecule has 0 spiro atoms. The molecule has 0 aromatic carbocycles. The molecule has 1 aromatic heterocycles. The minimum atomic E-state index is 0.562. The van der Waals surface area contributed by atoms with Crippen LogP contribution in [0.2, 0.25) is 0 Å². The zero-order valence-corrected chi connectivity index (χ0v) is 11.7. The van der Waals surface area contributed by atoms with E-state index >= 15 is 0 Å². The summed E-state index contributed by atoms with van der Waals surface area (Å²) >= 11 is 1.88. The van der Waals surface area contributed by atoms with Crippen molar-refractivity contribution in [2.45, 2.75) is 51.6 Å². The molecule has 4 heteroatoms. The molecule has 0 radical (unpaired) electrons. The van der Waals surface area contributed by atoms with Gasteiger partial charge in [-0.15, -0.1) is 11.3 Å². The van der Waals surface area contributed by atoms with Gasteiger partial charge < -0.3 is 5.73 Å². The lowest BCUT2D eigenvalue weighted by Crippen LogP contribution is -2.30. The van der Waals surface area contributed by atoms with E-state index in [1.165, 1.54) is 29.3 Å². The summed E-state index contributed by atoms with van der Waals surface area (Å²) < 4.78 is 0. The Bertz CT molecular complexity index is 348. The van der Waals surface area contributed by atoms with Gasteiger partial charge >= 0.3 is 0 Å². The summed E-state index contributed by atoms with van der Waals surface area (Å²) in [4.78, 5) is 8.58. The fraction of sp³-hybridized carbons (Fsp3) is 0.769. The summed E-state index contributed by atoms with van der Waals surface area (Å²) in [5.74, 6) is 0. The quantitative estimate of drug-likeness (QED) is 0.877. The van der Waals surface area contributed by atoms with Gasteiger partial charge in [0.2, 0.25) is 0 Å². The smallest absolute Gasteiger partial charge is 0.110 e. The van der Waals surface area contributed by atoms with Crippen molar-refractivity contribution in [1.82, 2.24) is 9.88 Å². The number of aromatic nitrogens is 1. The van der Waals surface area contributed by atoms with E-state index in [-0.39, 0.29) is 0 Å². The lowest BCUT2D eigenvalue weighted by Gasteiger charge is -2.26. The molecule has 1 aliphatic rings. The molecule has 0 bridgehead atoms. The first kappa shape index (κ1) is 13.0. The Labute approximate surface area is 108 Å². The summed E-state index contributed by atoms with van der Waals surface area (Å²) in [5.41, 5.74) is 5.54. The van der Waals surface area contributed by atoms with Crippen LogP contribution in [0.1, 0.15) is 49.0 Å². The molecule has 96 valence electrons. The van der Waals surface area contributed by atoms with Gasteiger partial charge in [0.15, 0.2) is 0 Å². The number of rotatable bonds is 5. The molecular formula is C13H23N3S. The third-order valence-corrected chi connectivity index (χ3v) is 4.60. The maximum Gasteiger partial charge on any atom is 0.110 e. The van der Waals surface area contributed by atoms with E-state index < -0.39 is 0 Å². The molecule has 1 saturated heterocycles. The van der Waals surface area contributed by atoms with Gasteiger partial charge in [-0.25, -0.2) is 4.98 Å². The maximum absolute atomic E-state index is 5.54. The van der Waals surface area contributed by atoms with Gasteiger partial charge in [0.25, 0.3) is 0 Å². The molecule has 1 unspecified atom stereocenters. The Balaban J connectivity index is 2.03. The monoisotopic (exact) mass is 253 g/mol. The van der Waals surface area contributed by atoms with Crippen LogP contribution >= 0.6 is 11.3 Å². The second-order valence-corrected chi connectivity index (χ2v) is 6.19. The topological polar surface area (TPSA) is 42.2 Å². The van der Waals surface area contributed by atoms with Gasteiger partial charge in [-0.1, -0.05) is 0 Å². The van der Waals surface area contributed by atoms with Gasteiger partial charge in [-0.05, 0) is 52.6 Å². The van der Waals surface area contributed by atoms with Crippen molar-refractivity contribution in [3.05, 3.63) is 16.1 Å². The highest BCUT2D eigenvalue weighted by Crippen LogP contribution is 2.35. The van der Waals surface area contributed by atoms with Gasteiger partial charge in [-0.2, -0.15) is 0 Å². The van der Waals surface area contributed by atoms with E-state index in [1.54, 1.807) is 0 Å². The maximum atomic E-state index is 5.54. The van der Waals surface area contributed by atoms with Crippen molar-refractivity contribution in [1.29, 1.82) is 0 Å². The van der Waals surface area contributed by atoms with E-state index in [9.17, 15) is 0 Å². The SMILES string of the molecule is CC(C)N1CCCC1c1ncc(CCCN)s1. The Morgan fingerprint density at radius 3 is 3.12 bits per heavy atom. The van der Waals surface area contributed by atoms with E-state index in [0.29, 0.717) is 12.1 Å². The van der Waals surface area contributed by atoms with Crippen molar-refractivity contribution in [3.8, 4) is 0 Å². The standard InChI is InChI=1S/C13H23N3S/c1-10(2)16-8-4-6-12(16)13-15-9-11(17-13)5-3-7-14/h9-10,12H,3-8,14H2,1-2H3. The van der Waals surface area contributed by atoms with Gasteiger partial charge in [0.1, 0.15) is 5.01 Å². The largest absolute Gasteiger partial charge is 0.330 e. The Kier molecular flexibility index (Phi) is 4.54. The molecule has 17 heavy (non-hydrogen) atoms. The normalized spacial score (nSPS) is 21.5. The summed E-state index contributed by atoms with van der Waals surface area (Å²) in [6.45, 7) is 6.55.